The maximum absolute atomic E-state index is 11.6. The van der Waals surface area contributed by atoms with Gasteiger partial charge in [-0.15, -0.1) is 0 Å². The monoisotopic (exact) mass is 214 g/mol. The maximum Gasteiger partial charge on any atom is 0.223 e. The van der Waals surface area contributed by atoms with E-state index in [-0.39, 0.29) is 23.9 Å². The Hall–Kier alpha value is -0.570. The van der Waals surface area contributed by atoms with Crippen molar-refractivity contribution in [3.63, 3.8) is 0 Å². The van der Waals surface area contributed by atoms with Crippen molar-refractivity contribution >= 4 is 5.91 Å². The highest BCUT2D eigenvalue weighted by atomic mass is 16.1. The van der Waals surface area contributed by atoms with E-state index in [0.29, 0.717) is 0 Å². The summed E-state index contributed by atoms with van der Waals surface area (Å²) in [5.41, 5.74) is 5.66. The van der Waals surface area contributed by atoms with Gasteiger partial charge in [-0.3, -0.25) is 4.79 Å². The third kappa shape index (κ3) is 7.37. The molecule has 0 aromatic heterocycles. The van der Waals surface area contributed by atoms with Crippen molar-refractivity contribution in [2.75, 3.05) is 0 Å². The fourth-order valence-corrected chi connectivity index (χ4v) is 1.36. The number of nitrogens with one attached hydrogen (secondary N) is 1. The zero-order valence-corrected chi connectivity index (χ0v) is 10.5. The molecule has 0 rings (SSSR count). The summed E-state index contributed by atoms with van der Waals surface area (Å²) in [5, 5.41) is 3.00. The first-order valence-electron chi connectivity index (χ1n) is 6.03. The Kier molecular flexibility index (Phi) is 7.39. The van der Waals surface area contributed by atoms with E-state index in [9.17, 15) is 4.79 Å². The van der Waals surface area contributed by atoms with Crippen molar-refractivity contribution in [3.8, 4) is 0 Å². The number of carbonyl (C=O) groups excluding carboxylic acids is 1. The van der Waals surface area contributed by atoms with Gasteiger partial charge in [0.2, 0.25) is 5.91 Å². The van der Waals surface area contributed by atoms with Gasteiger partial charge in [-0.05, 0) is 33.1 Å². The van der Waals surface area contributed by atoms with Crippen molar-refractivity contribution in [2.45, 2.75) is 65.5 Å². The number of rotatable bonds is 7. The second-order valence-electron chi connectivity index (χ2n) is 4.63. The van der Waals surface area contributed by atoms with Crippen LogP contribution in [0.2, 0.25) is 0 Å². The summed E-state index contributed by atoms with van der Waals surface area (Å²) < 4.78 is 0. The van der Waals surface area contributed by atoms with Gasteiger partial charge in [-0.2, -0.15) is 0 Å². The number of amides is 1. The SMILES string of the molecule is CCC(C)NC(=O)C(C)CCCC(C)N. The average Bonchev–Trinajstić information content (AvgIpc) is 2.16. The van der Waals surface area contributed by atoms with Crippen LogP contribution in [0.4, 0.5) is 0 Å². The highest BCUT2D eigenvalue weighted by Crippen LogP contribution is 2.09. The van der Waals surface area contributed by atoms with Crippen molar-refractivity contribution in [3.05, 3.63) is 0 Å². The minimum absolute atomic E-state index is 0.109. The molecule has 0 fully saturated rings. The Labute approximate surface area is 93.8 Å². The first-order chi connectivity index (χ1) is 6.97. The molecule has 0 bridgehead atoms. The Morgan fingerprint density at radius 2 is 1.87 bits per heavy atom. The predicted molar refractivity (Wildman–Crippen MR) is 64.6 cm³/mol. The van der Waals surface area contributed by atoms with Crippen molar-refractivity contribution < 1.29 is 4.79 Å². The highest BCUT2D eigenvalue weighted by molar-refractivity contribution is 5.78. The zero-order valence-electron chi connectivity index (χ0n) is 10.5. The molecular weight excluding hydrogens is 188 g/mol. The van der Waals surface area contributed by atoms with Crippen LogP contribution >= 0.6 is 0 Å². The van der Waals surface area contributed by atoms with Crippen LogP contribution in [-0.2, 0) is 4.79 Å². The predicted octanol–water partition coefficient (Wildman–Crippen LogP) is 2.05. The third-order valence-electron chi connectivity index (χ3n) is 2.75. The van der Waals surface area contributed by atoms with Gasteiger partial charge in [0.05, 0.1) is 0 Å². The van der Waals surface area contributed by atoms with Crippen LogP contribution in [0.15, 0.2) is 0 Å². The molecule has 0 saturated carbocycles. The molecule has 0 radical (unpaired) electrons. The van der Waals surface area contributed by atoms with Gasteiger partial charge in [0, 0.05) is 18.0 Å². The van der Waals surface area contributed by atoms with E-state index in [1.807, 2.05) is 20.8 Å². The van der Waals surface area contributed by atoms with Crippen LogP contribution < -0.4 is 11.1 Å². The number of hydrogen-bond donors (Lipinski definition) is 2. The summed E-state index contributed by atoms with van der Waals surface area (Å²) in [6.45, 7) is 8.10. The maximum atomic E-state index is 11.6. The lowest BCUT2D eigenvalue weighted by Crippen LogP contribution is -2.36. The fraction of sp³-hybridized carbons (Fsp3) is 0.917. The lowest BCUT2D eigenvalue weighted by molar-refractivity contribution is -0.125. The summed E-state index contributed by atoms with van der Waals surface area (Å²) in [4.78, 5) is 11.6. The van der Waals surface area contributed by atoms with Gasteiger partial charge in [0.1, 0.15) is 0 Å². The molecule has 0 aliphatic rings. The van der Waals surface area contributed by atoms with Crippen molar-refractivity contribution in [1.82, 2.24) is 5.32 Å². The highest BCUT2D eigenvalue weighted by Gasteiger charge is 2.14. The zero-order chi connectivity index (χ0) is 11.8. The fourth-order valence-electron chi connectivity index (χ4n) is 1.36. The van der Waals surface area contributed by atoms with Crippen LogP contribution in [0.3, 0.4) is 0 Å². The van der Waals surface area contributed by atoms with Crippen LogP contribution in [0, 0.1) is 5.92 Å². The molecule has 0 aromatic rings. The molecule has 3 atom stereocenters. The molecule has 90 valence electrons. The molecule has 3 nitrogen and oxygen atoms in total. The normalized spacial score (nSPS) is 16.9. The van der Waals surface area contributed by atoms with Gasteiger partial charge in [-0.25, -0.2) is 0 Å². The largest absolute Gasteiger partial charge is 0.353 e. The summed E-state index contributed by atoms with van der Waals surface area (Å²) >= 11 is 0. The van der Waals surface area contributed by atoms with Crippen LogP contribution in [-0.4, -0.2) is 18.0 Å². The van der Waals surface area contributed by atoms with Gasteiger partial charge < -0.3 is 11.1 Å². The lowest BCUT2D eigenvalue weighted by atomic mass is 10.0. The van der Waals surface area contributed by atoms with Gasteiger partial charge >= 0.3 is 0 Å². The summed E-state index contributed by atoms with van der Waals surface area (Å²) in [6, 6.07) is 0.531. The molecule has 0 spiro atoms. The second-order valence-corrected chi connectivity index (χ2v) is 4.63. The first kappa shape index (κ1) is 14.4. The van der Waals surface area contributed by atoms with E-state index in [0.717, 1.165) is 25.7 Å². The van der Waals surface area contributed by atoms with E-state index in [1.54, 1.807) is 0 Å². The summed E-state index contributed by atoms with van der Waals surface area (Å²) in [6.07, 6.45) is 3.95. The van der Waals surface area contributed by atoms with Crippen molar-refractivity contribution in [1.29, 1.82) is 0 Å². The Morgan fingerprint density at radius 3 is 2.33 bits per heavy atom. The first-order valence-corrected chi connectivity index (χ1v) is 6.03. The van der Waals surface area contributed by atoms with Crippen LogP contribution in [0.25, 0.3) is 0 Å². The standard InChI is InChI=1S/C12H26N2O/c1-5-11(4)14-12(15)9(2)7-6-8-10(3)13/h9-11H,5-8,13H2,1-4H3,(H,14,15). The molecule has 0 saturated heterocycles. The van der Waals surface area contributed by atoms with Crippen molar-refractivity contribution in [2.24, 2.45) is 11.7 Å². The van der Waals surface area contributed by atoms with E-state index in [4.69, 9.17) is 5.73 Å². The molecule has 15 heavy (non-hydrogen) atoms. The van der Waals surface area contributed by atoms with E-state index >= 15 is 0 Å². The molecule has 3 heteroatoms. The topological polar surface area (TPSA) is 55.1 Å². The Balaban J connectivity index is 3.69. The number of hydrogen-bond acceptors (Lipinski definition) is 2. The number of nitrogens with two attached hydrogens (primary N) is 1. The van der Waals surface area contributed by atoms with Crippen LogP contribution in [0.5, 0.6) is 0 Å². The van der Waals surface area contributed by atoms with Gasteiger partial charge in [0.25, 0.3) is 0 Å². The smallest absolute Gasteiger partial charge is 0.223 e. The molecule has 0 aliphatic carbocycles. The Morgan fingerprint density at radius 1 is 1.27 bits per heavy atom. The molecule has 3 unspecified atom stereocenters. The Bertz CT molecular complexity index is 180. The molecule has 0 aromatic carbocycles. The minimum Gasteiger partial charge on any atom is -0.353 e. The molecule has 0 aliphatic heterocycles. The summed E-state index contributed by atoms with van der Waals surface area (Å²) in [7, 11) is 0. The second kappa shape index (κ2) is 7.69. The van der Waals surface area contributed by atoms with Gasteiger partial charge in [-0.1, -0.05) is 20.3 Å². The average molecular weight is 214 g/mol. The lowest BCUT2D eigenvalue weighted by Gasteiger charge is -2.16. The molecule has 1 amide bonds. The van der Waals surface area contributed by atoms with E-state index < -0.39 is 0 Å². The number of carbonyl (C=O) groups is 1. The summed E-state index contributed by atoms with van der Waals surface area (Å²) in [5.74, 6) is 0.284. The quantitative estimate of drug-likeness (QED) is 0.681. The van der Waals surface area contributed by atoms with Crippen LogP contribution in [0.1, 0.15) is 53.4 Å². The molecule has 3 N–H and O–H groups in total. The molecule has 0 heterocycles. The van der Waals surface area contributed by atoms with E-state index in [1.165, 1.54) is 0 Å². The third-order valence-corrected chi connectivity index (χ3v) is 2.75. The van der Waals surface area contributed by atoms with E-state index in [2.05, 4.69) is 12.2 Å². The molecular formula is C12H26N2O. The van der Waals surface area contributed by atoms with Gasteiger partial charge in [0.15, 0.2) is 0 Å². The minimum atomic E-state index is 0.109.